The van der Waals surface area contributed by atoms with Gasteiger partial charge in [-0.3, -0.25) is 4.79 Å². The van der Waals surface area contributed by atoms with Gasteiger partial charge in [0.15, 0.2) is 5.84 Å². The quantitative estimate of drug-likeness (QED) is 0.355. The van der Waals surface area contributed by atoms with Gasteiger partial charge in [0.2, 0.25) is 0 Å². The second kappa shape index (κ2) is 4.61. The molecule has 0 radical (unpaired) electrons. The highest BCUT2D eigenvalue weighted by Gasteiger charge is 2.20. The van der Waals surface area contributed by atoms with Crippen molar-refractivity contribution < 1.29 is 5.21 Å². The molecule has 1 saturated carbocycles. The van der Waals surface area contributed by atoms with Crippen LogP contribution in [0.4, 0.5) is 0 Å². The molecule has 1 aromatic heterocycles. The summed E-state index contributed by atoms with van der Waals surface area (Å²) in [7, 11) is 0. The van der Waals surface area contributed by atoms with Crippen LogP contribution in [0.1, 0.15) is 30.5 Å². The van der Waals surface area contributed by atoms with Gasteiger partial charge in [0.05, 0.1) is 5.56 Å². The van der Waals surface area contributed by atoms with Crippen molar-refractivity contribution in [1.29, 1.82) is 0 Å². The number of pyridine rings is 1. The third kappa shape index (κ3) is 2.18. The molecule has 3 N–H and O–H groups in total. The molecule has 92 valence electrons. The predicted molar refractivity (Wildman–Crippen MR) is 65.3 cm³/mol. The van der Waals surface area contributed by atoms with E-state index in [1.54, 1.807) is 10.6 Å². The van der Waals surface area contributed by atoms with Crippen molar-refractivity contribution in [2.45, 2.75) is 32.7 Å². The average molecular weight is 235 g/mol. The van der Waals surface area contributed by atoms with Gasteiger partial charge in [-0.1, -0.05) is 11.6 Å². The standard InChI is InChI=1S/C12H17N3O2/c1-8-5-6-10(11(13)14-17)12(16)15(8)7-9-3-2-4-9/h5-6,9,17H,2-4,7H2,1H3,(H2,13,14). The molecule has 0 saturated heterocycles. The second-order valence-corrected chi connectivity index (χ2v) is 4.59. The Morgan fingerprint density at radius 3 is 2.82 bits per heavy atom. The molecule has 2 rings (SSSR count). The predicted octanol–water partition coefficient (Wildman–Crippen LogP) is 1.05. The van der Waals surface area contributed by atoms with E-state index in [1.807, 2.05) is 13.0 Å². The van der Waals surface area contributed by atoms with Crippen molar-refractivity contribution >= 4 is 5.84 Å². The fourth-order valence-corrected chi connectivity index (χ4v) is 2.08. The van der Waals surface area contributed by atoms with Crippen LogP contribution in [0, 0.1) is 12.8 Å². The van der Waals surface area contributed by atoms with Crippen molar-refractivity contribution in [3.63, 3.8) is 0 Å². The molecule has 17 heavy (non-hydrogen) atoms. The minimum absolute atomic E-state index is 0.127. The molecule has 0 unspecified atom stereocenters. The van der Waals surface area contributed by atoms with E-state index >= 15 is 0 Å². The summed E-state index contributed by atoms with van der Waals surface area (Å²) in [5.41, 5.74) is 6.48. The summed E-state index contributed by atoms with van der Waals surface area (Å²) in [6, 6.07) is 3.43. The molecular weight excluding hydrogens is 218 g/mol. The smallest absolute Gasteiger partial charge is 0.261 e. The van der Waals surface area contributed by atoms with Crippen LogP contribution in [-0.4, -0.2) is 15.6 Å². The molecule has 1 aliphatic rings. The van der Waals surface area contributed by atoms with Crippen LogP contribution in [0.25, 0.3) is 0 Å². The van der Waals surface area contributed by atoms with E-state index in [2.05, 4.69) is 5.16 Å². The maximum absolute atomic E-state index is 12.2. The molecule has 5 nitrogen and oxygen atoms in total. The second-order valence-electron chi connectivity index (χ2n) is 4.59. The number of aryl methyl sites for hydroxylation is 1. The van der Waals surface area contributed by atoms with Gasteiger partial charge in [-0.25, -0.2) is 0 Å². The Kier molecular flexibility index (Phi) is 3.17. The minimum Gasteiger partial charge on any atom is -0.409 e. The van der Waals surface area contributed by atoms with Gasteiger partial charge >= 0.3 is 0 Å². The lowest BCUT2D eigenvalue weighted by Crippen LogP contribution is -2.34. The molecule has 5 heteroatoms. The highest BCUT2D eigenvalue weighted by Crippen LogP contribution is 2.27. The normalized spacial score (nSPS) is 16.9. The zero-order valence-electron chi connectivity index (χ0n) is 9.89. The lowest BCUT2D eigenvalue weighted by Gasteiger charge is -2.27. The molecular formula is C12H17N3O2. The van der Waals surface area contributed by atoms with E-state index in [1.165, 1.54) is 19.3 Å². The molecule has 0 aromatic carbocycles. The number of hydrogen-bond donors (Lipinski definition) is 2. The van der Waals surface area contributed by atoms with Gasteiger partial charge in [-0.05, 0) is 37.8 Å². The van der Waals surface area contributed by atoms with Gasteiger partial charge in [-0.2, -0.15) is 0 Å². The number of oxime groups is 1. The van der Waals surface area contributed by atoms with Crippen molar-refractivity contribution in [3.05, 3.63) is 33.7 Å². The molecule has 0 bridgehead atoms. The van der Waals surface area contributed by atoms with Crippen LogP contribution in [0.2, 0.25) is 0 Å². The minimum atomic E-state index is -0.174. The zero-order chi connectivity index (χ0) is 12.4. The van der Waals surface area contributed by atoms with Gasteiger partial charge in [0.25, 0.3) is 5.56 Å². The first-order chi connectivity index (χ1) is 8.13. The first-order valence-electron chi connectivity index (χ1n) is 5.82. The largest absolute Gasteiger partial charge is 0.409 e. The number of amidine groups is 1. The summed E-state index contributed by atoms with van der Waals surface area (Å²) in [4.78, 5) is 12.2. The van der Waals surface area contributed by atoms with Gasteiger partial charge < -0.3 is 15.5 Å². The van der Waals surface area contributed by atoms with E-state index < -0.39 is 0 Å². The monoisotopic (exact) mass is 235 g/mol. The van der Waals surface area contributed by atoms with Crippen molar-refractivity contribution in [3.8, 4) is 0 Å². The molecule has 0 atom stereocenters. The van der Waals surface area contributed by atoms with E-state index in [-0.39, 0.29) is 17.0 Å². The number of nitrogens with zero attached hydrogens (tertiary/aromatic N) is 2. The SMILES string of the molecule is Cc1ccc(/C(N)=N/O)c(=O)n1CC1CCC1. The number of hydrogen-bond acceptors (Lipinski definition) is 3. The number of nitrogens with two attached hydrogens (primary N) is 1. The lowest BCUT2D eigenvalue weighted by atomic mass is 9.85. The molecule has 0 amide bonds. The van der Waals surface area contributed by atoms with E-state index in [4.69, 9.17) is 10.9 Å². The van der Waals surface area contributed by atoms with Gasteiger partial charge in [-0.15, -0.1) is 0 Å². The molecule has 1 aromatic rings. The van der Waals surface area contributed by atoms with Crippen LogP contribution in [0.3, 0.4) is 0 Å². The maximum atomic E-state index is 12.2. The average Bonchev–Trinajstić information content (AvgIpc) is 2.25. The van der Waals surface area contributed by atoms with Gasteiger partial charge in [0, 0.05) is 12.2 Å². The Morgan fingerprint density at radius 1 is 1.59 bits per heavy atom. The first-order valence-corrected chi connectivity index (χ1v) is 5.82. The number of aromatic nitrogens is 1. The molecule has 1 heterocycles. The highest BCUT2D eigenvalue weighted by molar-refractivity contribution is 5.96. The van der Waals surface area contributed by atoms with E-state index in [0.29, 0.717) is 5.92 Å². The molecule has 1 fully saturated rings. The fourth-order valence-electron chi connectivity index (χ4n) is 2.08. The van der Waals surface area contributed by atoms with E-state index in [0.717, 1.165) is 12.2 Å². The summed E-state index contributed by atoms with van der Waals surface area (Å²) in [5.74, 6) is 0.464. The Hall–Kier alpha value is -1.78. The van der Waals surface area contributed by atoms with Crippen molar-refractivity contribution in [2.75, 3.05) is 0 Å². The fraction of sp³-hybridized carbons (Fsp3) is 0.500. The topological polar surface area (TPSA) is 80.6 Å². The third-order valence-corrected chi connectivity index (χ3v) is 3.44. The lowest BCUT2D eigenvalue weighted by molar-refractivity contribution is 0.272. The van der Waals surface area contributed by atoms with Crippen LogP contribution in [0.5, 0.6) is 0 Å². The Labute approximate surface area is 99.6 Å². The number of rotatable bonds is 3. The van der Waals surface area contributed by atoms with Gasteiger partial charge in [0.1, 0.15) is 0 Å². The molecule has 1 aliphatic carbocycles. The first kappa shape index (κ1) is 11.7. The molecule has 0 aliphatic heterocycles. The van der Waals surface area contributed by atoms with Crippen LogP contribution in [-0.2, 0) is 6.54 Å². The van der Waals surface area contributed by atoms with Crippen molar-refractivity contribution in [1.82, 2.24) is 4.57 Å². The van der Waals surface area contributed by atoms with Crippen LogP contribution < -0.4 is 11.3 Å². The highest BCUT2D eigenvalue weighted by atomic mass is 16.4. The summed E-state index contributed by atoms with van der Waals surface area (Å²) in [6.07, 6.45) is 3.61. The van der Waals surface area contributed by atoms with Crippen LogP contribution >= 0.6 is 0 Å². The van der Waals surface area contributed by atoms with Crippen LogP contribution in [0.15, 0.2) is 22.1 Å². The Balaban J connectivity index is 2.39. The summed E-state index contributed by atoms with van der Waals surface area (Å²) < 4.78 is 1.72. The van der Waals surface area contributed by atoms with Crippen molar-refractivity contribution in [2.24, 2.45) is 16.8 Å². The Morgan fingerprint density at radius 2 is 2.29 bits per heavy atom. The van der Waals surface area contributed by atoms with E-state index in [9.17, 15) is 4.79 Å². The summed E-state index contributed by atoms with van der Waals surface area (Å²) in [5, 5.41) is 11.5. The summed E-state index contributed by atoms with van der Waals surface area (Å²) >= 11 is 0. The maximum Gasteiger partial charge on any atom is 0.261 e. The third-order valence-electron chi connectivity index (χ3n) is 3.44. The Bertz CT molecular complexity index is 501. The summed E-state index contributed by atoms with van der Waals surface area (Å²) in [6.45, 7) is 2.63. The molecule has 0 spiro atoms. The zero-order valence-corrected chi connectivity index (χ0v) is 9.89.